The van der Waals surface area contributed by atoms with E-state index in [1.165, 1.54) is 35.7 Å². The largest absolute Gasteiger partial charge is 0.435 e. The van der Waals surface area contributed by atoms with Crippen molar-refractivity contribution in [2.75, 3.05) is 12.3 Å². The van der Waals surface area contributed by atoms with Gasteiger partial charge in [0.05, 0.1) is 17.6 Å². The molecule has 1 unspecified atom stereocenters. The van der Waals surface area contributed by atoms with Crippen molar-refractivity contribution in [2.24, 2.45) is 0 Å². The van der Waals surface area contributed by atoms with Crippen molar-refractivity contribution in [1.82, 2.24) is 10.0 Å². The van der Waals surface area contributed by atoms with Crippen molar-refractivity contribution in [2.45, 2.75) is 22.6 Å². The standard InChI is InChI=1S/C17H17F2N3O6S3/c18-17(19)28-14-5-2-1-4-12(14)10-30(24,25)11-13(16(23)21-8-7-20)22-31(26,27)15-6-3-9-29-15/h1-6,9,13,17,22H,8,10-11H2,(H,21,23). The normalized spacial score (nSPS) is 12.8. The number of amides is 1. The van der Waals surface area contributed by atoms with Gasteiger partial charge in [-0.3, -0.25) is 4.79 Å². The molecule has 2 rings (SSSR count). The predicted molar refractivity (Wildman–Crippen MR) is 108 cm³/mol. The number of carbonyl (C=O) groups is 1. The SMILES string of the molecule is N#CCNC(=O)C(CS(=O)(=O)Cc1ccccc1OC(F)F)NS(=O)(=O)c1cccs1. The van der Waals surface area contributed by atoms with E-state index in [1.54, 1.807) is 6.07 Å². The zero-order valence-electron chi connectivity index (χ0n) is 15.7. The van der Waals surface area contributed by atoms with Gasteiger partial charge in [-0.05, 0) is 17.5 Å². The van der Waals surface area contributed by atoms with E-state index in [4.69, 9.17) is 5.26 Å². The maximum atomic E-state index is 12.7. The van der Waals surface area contributed by atoms with Gasteiger partial charge in [0.25, 0.3) is 10.0 Å². The quantitative estimate of drug-likeness (QED) is 0.449. The van der Waals surface area contributed by atoms with Gasteiger partial charge >= 0.3 is 6.61 Å². The highest BCUT2D eigenvalue weighted by Gasteiger charge is 2.31. The Bertz CT molecular complexity index is 1150. The van der Waals surface area contributed by atoms with E-state index in [9.17, 15) is 30.4 Å². The van der Waals surface area contributed by atoms with Crippen LogP contribution in [0.1, 0.15) is 5.56 Å². The molecule has 1 aromatic heterocycles. The average Bonchev–Trinajstić information content (AvgIpc) is 3.22. The van der Waals surface area contributed by atoms with Crippen LogP contribution in [0.2, 0.25) is 0 Å². The molecule has 0 saturated carbocycles. The lowest BCUT2D eigenvalue weighted by atomic mass is 10.2. The van der Waals surface area contributed by atoms with Crippen LogP contribution in [0.3, 0.4) is 0 Å². The molecule has 0 saturated heterocycles. The molecular formula is C17H17F2N3O6S3. The van der Waals surface area contributed by atoms with E-state index in [-0.39, 0.29) is 15.5 Å². The molecule has 9 nitrogen and oxygen atoms in total. The highest BCUT2D eigenvalue weighted by atomic mass is 32.2. The van der Waals surface area contributed by atoms with E-state index in [2.05, 4.69) is 10.1 Å². The van der Waals surface area contributed by atoms with Crippen LogP contribution in [-0.2, 0) is 30.4 Å². The van der Waals surface area contributed by atoms with Gasteiger partial charge in [0.15, 0.2) is 9.84 Å². The van der Waals surface area contributed by atoms with Gasteiger partial charge in [-0.2, -0.15) is 18.8 Å². The number of rotatable bonds is 11. The number of ether oxygens (including phenoxy) is 1. The van der Waals surface area contributed by atoms with E-state index < -0.39 is 56.5 Å². The van der Waals surface area contributed by atoms with E-state index in [0.717, 1.165) is 17.4 Å². The van der Waals surface area contributed by atoms with Crippen LogP contribution in [0.5, 0.6) is 5.75 Å². The number of sulfonamides is 1. The number of hydrogen-bond donors (Lipinski definition) is 2. The zero-order chi connectivity index (χ0) is 23.1. The molecule has 0 aliphatic carbocycles. The molecule has 0 aliphatic heterocycles. The summed E-state index contributed by atoms with van der Waals surface area (Å²) >= 11 is 0.858. The highest BCUT2D eigenvalue weighted by Crippen LogP contribution is 2.23. The first-order chi connectivity index (χ1) is 14.5. The monoisotopic (exact) mass is 493 g/mol. The van der Waals surface area contributed by atoms with Crippen molar-refractivity contribution < 1.29 is 35.1 Å². The van der Waals surface area contributed by atoms with Gasteiger partial charge < -0.3 is 10.1 Å². The number of thiophene rings is 1. The molecule has 1 atom stereocenters. The topological polar surface area (TPSA) is 142 Å². The first-order valence-corrected chi connectivity index (χ1v) is 12.7. The predicted octanol–water partition coefficient (Wildman–Crippen LogP) is 1.25. The van der Waals surface area contributed by atoms with Gasteiger partial charge in [0.1, 0.15) is 22.5 Å². The number of carbonyl (C=O) groups excluding carboxylic acids is 1. The van der Waals surface area contributed by atoms with Gasteiger partial charge in [-0.25, -0.2) is 16.8 Å². The number of para-hydroxylation sites is 1. The number of sulfone groups is 1. The summed E-state index contributed by atoms with van der Waals surface area (Å²) in [5.74, 6) is -3.13. The van der Waals surface area contributed by atoms with E-state index in [0.29, 0.717) is 0 Å². The Morgan fingerprint density at radius 2 is 1.87 bits per heavy atom. The Hall–Kier alpha value is -2.60. The number of nitrogens with one attached hydrogen (secondary N) is 2. The van der Waals surface area contributed by atoms with Gasteiger partial charge in [0, 0.05) is 5.56 Å². The van der Waals surface area contributed by atoms with Crippen LogP contribution in [-0.4, -0.2) is 47.7 Å². The van der Waals surface area contributed by atoms with Crippen LogP contribution >= 0.6 is 11.3 Å². The first-order valence-electron chi connectivity index (χ1n) is 8.48. The molecule has 0 fully saturated rings. The number of nitrogens with zero attached hydrogens (tertiary/aromatic N) is 1. The number of alkyl halides is 2. The lowest BCUT2D eigenvalue weighted by Crippen LogP contribution is -2.50. The third-order valence-corrected chi connectivity index (χ3v) is 8.16. The summed E-state index contributed by atoms with van der Waals surface area (Å²) in [6.45, 7) is -3.65. The second kappa shape index (κ2) is 10.6. The lowest BCUT2D eigenvalue weighted by molar-refractivity contribution is -0.122. The van der Waals surface area contributed by atoms with Crippen molar-refractivity contribution in [3.63, 3.8) is 0 Å². The van der Waals surface area contributed by atoms with Crippen molar-refractivity contribution in [1.29, 1.82) is 5.26 Å². The van der Waals surface area contributed by atoms with Crippen LogP contribution < -0.4 is 14.8 Å². The van der Waals surface area contributed by atoms with Crippen molar-refractivity contribution in [3.05, 3.63) is 47.3 Å². The fraction of sp³-hybridized carbons (Fsp3) is 0.294. The Morgan fingerprint density at radius 3 is 2.48 bits per heavy atom. The molecule has 0 radical (unpaired) electrons. The summed E-state index contributed by atoms with van der Waals surface area (Å²) in [4.78, 5) is 12.3. The minimum Gasteiger partial charge on any atom is -0.435 e. The summed E-state index contributed by atoms with van der Waals surface area (Å²) in [5.41, 5.74) is -0.0832. The Morgan fingerprint density at radius 1 is 1.16 bits per heavy atom. The summed E-state index contributed by atoms with van der Waals surface area (Å²) in [7, 11) is -8.41. The fourth-order valence-corrected chi connectivity index (χ4v) is 6.34. The van der Waals surface area contributed by atoms with Crippen molar-refractivity contribution in [3.8, 4) is 11.8 Å². The van der Waals surface area contributed by atoms with Gasteiger partial charge in [-0.1, -0.05) is 24.3 Å². The summed E-state index contributed by atoms with van der Waals surface area (Å²) in [5, 5.41) is 12.2. The molecule has 0 aliphatic rings. The number of hydrogen-bond acceptors (Lipinski definition) is 8. The van der Waals surface area contributed by atoms with E-state index in [1.807, 2.05) is 4.72 Å². The second-order valence-electron chi connectivity index (χ2n) is 6.02. The fourth-order valence-electron chi connectivity index (χ4n) is 2.46. The minimum atomic E-state index is -4.22. The Labute approximate surface area is 181 Å². The minimum absolute atomic E-state index is 0.0832. The average molecular weight is 494 g/mol. The van der Waals surface area contributed by atoms with Crippen LogP contribution in [0, 0.1) is 11.3 Å². The first kappa shape index (κ1) is 24.7. The lowest BCUT2D eigenvalue weighted by Gasteiger charge is -2.18. The van der Waals surface area contributed by atoms with Crippen LogP contribution in [0.4, 0.5) is 8.78 Å². The van der Waals surface area contributed by atoms with Gasteiger partial charge in [0.2, 0.25) is 5.91 Å². The zero-order valence-corrected chi connectivity index (χ0v) is 18.1. The second-order valence-corrected chi connectivity index (χ2v) is 11.0. The van der Waals surface area contributed by atoms with Gasteiger partial charge in [-0.15, -0.1) is 11.3 Å². The van der Waals surface area contributed by atoms with Crippen molar-refractivity contribution >= 4 is 37.1 Å². The van der Waals surface area contributed by atoms with Crippen LogP contribution in [0.15, 0.2) is 46.0 Å². The third kappa shape index (κ3) is 7.55. The highest BCUT2D eigenvalue weighted by molar-refractivity contribution is 7.92. The molecule has 0 spiro atoms. The molecule has 1 heterocycles. The molecule has 2 aromatic rings. The molecular weight excluding hydrogens is 476 g/mol. The maximum absolute atomic E-state index is 12.7. The molecule has 168 valence electrons. The van der Waals surface area contributed by atoms with E-state index >= 15 is 0 Å². The molecule has 31 heavy (non-hydrogen) atoms. The summed E-state index contributed by atoms with van der Waals surface area (Å²) in [6.07, 6.45) is 0. The summed E-state index contributed by atoms with van der Waals surface area (Å²) < 4.78 is 81.6. The number of nitriles is 1. The molecule has 1 amide bonds. The maximum Gasteiger partial charge on any atom is 0.387 e. The number of halogens is 2. The van der Waals surface area contributed by atoms with Crippen LogP contribution in [0.25, 0.3) is 0 Å². The molecule has 2 N–H and O–H groups in total. The number of benzene rings is 1. The summed E-state index contributed by atoms with van der Waals surface area (Å²) in [6, 6.07) is 7.81. The third-order valence-electron chi connectivity index (χ3n) is 3.70. The smallest absolute Gasteiger partial charge is 0.387 e. The Kier molecular flexibility index (Phi) is 8.45. The molecule has 1 aromatic carbocycles. The molecule has 14 heteroatoms. The Balaban J connectivity index is 2.27. The molecule has 0 bridgehead atoms.